The molecule has 0 radical (unpaired) electrons. The van der Waals surface area contributed by atoms with Crippen molar-refractivity contribution in [3.63, 3.8) is 0 Å². The zero-order valence-corrected chi connectivity index (χ0v) is 16.7. The maximum Gasteiger partial charge on any atom is 0.343 e. The van der Waals surface area contributed by atoms with Gasteiger partial charge < -0.3 is 24.0 Å². The lowest BCUT2D eigenvalue weighted by Crippen LogP contribution is -2.62. The van der Waals surface area contributed by atoms with Crippen molar-refractivity contribution in [2.24, 2.45) is 5.92 Å². The van der Waals surface area contributed by atoms with E-state index in [1.165, 1.54) is 38.2 Å². The van der Waals surface area contributed by atoms with Crippen LogP contribution in [-0.4, -0.2) is 73.2 Å². The fourth-order valence-electron chi connectivity index (χ4n) is 4.64. The molecule has 1 aromatic carbocycles. The van der Waals surface area contributed by atoms with Crippen molar-refractivity contribution in [2.45, 2.75) is 24.9 Å². The van der Waals surface area contributed by atoms with E-state index in [4.69, 9.17) is 14.0 Å². The van der Waals surface area contributed by atoms with E-state index in [9.17, 15) is 14.3 Å². The summed E-state index contributed by atoms with van der Waals surface area (Å²) < 4.78 is 30.1. The van der Waals surface area contributed by atoms with Crippen LogP contribution in [-0.2, 0) is 4.74 Å². The third-order valence-electron chi connectivity index (χ3n) is 6.32. The topological polar surface area (TPSA) is 88.3 Å². The molecular formula is C21H24FN3O5. The minimum absolute atomic E-state index is 0.0147. The number of rotatable bonds is 5. The molecule has 0 spiro atoms. The van der Waals surface area contributed by atoms with E-state index >= 15 is 0 Å². The highest BCUT2D eigenvalue weighted by Crippen LogP contribution is 2.39. The Morgan fingerprint density at radius 3 is 2.87 bits per heavy atom. The Bertz CT molecular complexity index is 960. The van der Waals surface area contributed by atoms with Crippen LogP contribution in [0.25, 0.3) is 11.3 Å². The molecule has 30 heavy (non-hydrogen) atoms. The third-order valence-corrected chi connectivity index (χ3v) is 6.32. The van der Waals surface area contributed by atoms with Crippen molar-refractivity contribution in [3.05, 3.63) is 29.6 Å². The van der Waals surface area contributed by atoms with Crippen molar-refractivity contribution in [3.8, 4) is 17.1 Å². The summed E-state index contributed by atoms with van der Waals surface area (Å²) in [5.74, 6) is -0.538. The molecule has 3 fully saturated rings. The lowest BCUT2D eigenvalue weighted by Gasteiger charge is -2.48. The predicted octanol–water partition coefficient (Wildman–Crippen LogP) is 2.49. The molecule has 0 unspecified atom stereocenters. The highest BCUT2D eigenvalue weighted by Gasteiger charge is 2.43. The molecular weight excluding hydrogens is 393 g/mol. The lowest BCUT2D eigenvalue weighted by molar-refractivity contribution is -0.0604. The zero-order valence-electron chi connectivity index (χ0n) is 16.7. The number of ether oxygens (including phenoxy) is 2. The Morgan fingerprint density at radius 2 is 2.13 bits per heavy atom. The fourth-order valence-corrected chi connectivity index (χ4v) is 4.64. The first-order valence-corrected chi connectivity index (χ1v) is 10.2. The van der Waals surface area contributed by atoms with Crippen LogP contribution in [0, 0.1) is 11.7 Å². The number of carboxylic acid groups (broad SMARTS) is 1. The van der Waals surface area contributed by atoms with Crippen LogP contribution in [0.15, 0.2) is 22.7 Å². The van der Waals surface area contributed by atoms with Gasteiger partial charge in [-0.1, -0.05) is 5.16 Å². The second-order valence-corrected chi connectivity index (χ2v) is 8.14. The Labute approximate surface area is 173 Å². The first-order chi connectivity index (χ1) is 14.6. The summed E-state index contributed by atoms with van der Waals surface area (Å²) in [6.07, 6.45) is 2.52. The van der Waals surface area contributed by atoms with Gasteiger partial charge in [-0.2, -0.15) is 0 Å². The molecule has 3 heterocycles. The van der Waals surface area contributed by atoms with Crippen molar-refractivity contribution in [2.75, 3.05) is 44.9 Å². The molecule has 2 saturated heterocycles. The number of benzene rings is 1. The summed E-state index contributed by atoms with van der Waals surface area (Å²) in [4.78, 5) is 16.6. The Kier molecular flexibility index (Phi) is 4.86. The van der Waals surface area contributed by atoms with E-state index in [0.29, 0.717) is 37.1 Å². The highest BCUT2D eigenvalue weighted by atomic mass is 19.1. The maximum atomic E-state index is 13.8. The number of piperazine rings is 1. The molecule has 3 aliphatic rings. The van der Waals surface area contributed by atoms with Gasteiger partial charge in [0, 0.05) is 31.2 Å². The smallest absolute Gasteiger partial charge is 0.343 e. The Hall–Kier alpha value is -2.65. The number of morpholine rings is 1. The molecule has 1 saturated carbocycles. The SMILES string of the molecule is COc1cc(-c2onc(N3CCN4[C@@H](COC[C@@H]4C4CC4)C3)c2C(=O)O)ccc1F. The van der Waals surface area contributed by atoms with Gasteiger partial charge in [0.15, 0.2) is 28.7 Å². The van der Waals surface area contributed by atoms with E-state index in [0.717, 1.165) is 19.1 Å². The van der Waals surface area contributed by atoms with Crippen molar-refractivity contribution >= 4 is 11.8 Å². The van der Waals surface area contributed by atoms with Crippen LogP contribution in [0.1, 0.15) is 23.2 Å². The van der Waals surface area contributed by atoms with E-state index in [-0.39, 0.29) is 23.1 Å². The number of methoxy groups -OCH3 is 1. The number of hydrogen-bond donors (Lipinski definition) is 1. The standard InChI is InChI=1S/C21H24FN3O5/c1-28-17-8-13(4-5-15(17)22)19-18(21(26)27)20(23-30-19)24-6-7-25-14(9-24)10-29-11-16(25)12-2-3-12/h4-5,8,12,14,16H,2-3,6-7,9-11H2,1H3,(H,26,27)/t14-,16-/m1/s1. The summed E-state index contributed by atoms with van der Waals surface area (Å²) in [6.45, 7) is 3.53. The largest absolute Gasteiger partial charge is 0.494 e. The summed E-state index contributed by atoms with van der Waals surface area (Å²) in [5, 5.41) is 14.0. The number of fused-ring (bicyclic) bond motifs is 1. The molecule has 8 nitrogen and oxygen atoms in total. The highest BCUT2D eigenvalue weighted by molar-refractivity contribution is 5.99. The number of aromatic carboxylic acids is 1. The van der Waals surface area contributed by atoms with Crippen molar-refractivity contribution in [1.29, 1.82) is 0 Å². The second-order valence-electron chi connectivity index (χ2n) is 8.14. The Balaban J connectivity index is 1.43. The van der Waals surface area contributed by atoms with Crippen LogP contribution in [0.4, 0.5) is 10.2 Å². The number of halogens is 1. The molecule has 5 rings (SSSR count). The van der Waals surface area contributed by atoms with Crippen LogP contribution < -0.4 is 9.64 Å². The van der Waals surface area contributed by atoms with Gasteiger partial charge in [-0.15, -0.1) is 0 Å². The first kappa shape index (κ1) is 19.3. The molecule has 0 amide bonds. The van der Waals surface area contributed by atoms with E-state index < -0.39 is 11.8 Å². The van der Waals surface area contributed by atoms with Crippen LogP contribution in [0.5, 0.6) is 5.75 Å². The average Bonchev–Trinajstić information content (AvgIpc) is 3.50. The number of carboxylic acids is 1. The molecule has 1 aliphatic carbocycles. The summed E-state index contributed by atoms with van der Waals surface area (Å²) >= 11 is 0. The summed E-state index contributed by atoms with van der Waals surface area (Å²) in [6, 6.07) is 4.76. The maximum absolute atomic E-state index is 13.8. The number of anilines is 1. The van der Waals surface area contributed by atoms with Gasteiger partial charge in [0.2, 0.25) is 0 Å². The van der Waals surface area contributed by atoms with Crippen molar-refractivity contribution in [1.82, 2.24) is 10.1 Å². The number of hydrogen-bond acceptors (Lipinski definition) is 7. The van der Waals surface area contributed by atoms with Crippen LogP contribution in [0.2, 0.25) is 0 Å². The molecule has 160 valence electrons. The predicted molar refractivity (Wildman–Crippen MR) is 105 cm³/mol. The third kappa shape index (κ3) is 3.31. The van der Waals surface area contributed by atoms with Gasteiger partial charge in [0.25, 0.3) is 0 Å². The minimum Gasteiger partial charge on any atom is -0.494 e. The number of nitrogens with zero attached hydrogens (tertiary/aromatic N) is 3. The van der Waals surface area contributed by atoms with Crippen LogP contribution >= 0.6 is 0 Å². The van der Waals surface area contributed by atoms with Gasteiger partial charge in [-0.25, -0.2) is 9.18 Å². The summed E-state index contributed by atoms with van der Waals surface area (Å²) in [5.41, 5.74) is 0.380. The monoisotopic (exact) mass is 417 g/mol. The quantitative estimate of drug-likeness (QED) is 0.794. The Morgan fingerprint density at radius 1 is 1.30 bits per heavy atom. The molecule has 2 aliphatic heterocycles. The first-order valence-electron chi connectivity index (χ1n) is 10.2. The van der Waals surface area contributed by atoms with E-state index in [1.54, 1.807) is 0 Å². The zero-order chi connectivity index (χ0) is 20.8. The van der Waals surface area contributed by atoms with Gasteiger partial charge in [-0.05, 0) is 37.0 Å². The molecule has 1 N–H and O–H groups in total. The molecule has 9 heteroatoms. The number of aromatic nitrogens is 1. The van der Waals surface area contributed by atoms with E-state index in [1.807, 2.05) is 4.90 Å². The number of carbonyl (C=O) groups is 1. The van der Waals surface area contributed by atoms with Gasteiger partial charge in [-0.3, -0.25) is 4.90 Å². The minimum atomic E-state index is -1.14. The van der Waals surface area contributed by atoms with Crippen molar-refractivity contribution < 1.29 is 28.3 Å². The molecule has 2 aromatic rings. The molecule has 2 atom stereocenters. The van der Waals surface area contributed by atoms with E-state index in [2.05, 4.69) is 10.1 Å². The molecule has 0 bridgehead atoms. The normalized spacial score (nSPS) is 24.5. The lowest BCUT2D eigenvalue weighted by atomic mass is 10.0. The van der Waals surface area contributed by atoms with Crippen LogP contribution in [0.3, 0.4) is 0 Å². The van der Waals surface area contributed by atoms with Gasteiger partial charge in [0.1, 0.15) is 0 Å². The summed E-state index contributed by atoms with van der Waals surface area (Å²) in [7, 11) is 1.35. The van der Waals surface area contributed by atoms with Gasteiger partial charge in [0.05, 0.1) is 26.4 Å². The molecule has 1 aromatic heterocycles. The second kappa shape index (κ2) is 7.55. The average molecular weight is 417 g/mol. The fraction of sp³-hybridized carbons (Fsp3) is 0.524. The van der Waals surface area contributed by atoms with Gasteiger partial charge >= 0.3 is 5.97 Å².